The van der Waals surface area contributed by atoms with E-state index in [1.807, 2.05) is 0 Å². The van der Waals surface area contributed by atoms with Gasteiger partial charge in [-0.25, -0.2) is 4.99 Å². The predicted molar refractivity (Wildman–Crippen MR) is 124 cm³/mol. The monoisotopic (exact) mass is 437 g/mol. The summed E-state index contributed by atoms with van der Waals surface area (Å²) in [5.41, 5.74) is -0.581. The maximum Gasteiger partial charge on any atom is 0.319 e. The number of carbonyl (C=O) groups excluding carboxylic acids is 1. The summed E-state index contributed by atoms with van der Waals surface area (Å²) in [5.74, 6) is -2.22. The molecule has 0 bridgehead atoms. The first-order valence-electron chi connectivity index (χ1n) is 12.5. The summed E-state index contributed by atoms with van der Waals surface area (Å²) in [6.45, 7) is 2.21. The molecule has 6 nitrogen and oxygen atoms in total. The van der Waals surface area contributed by atoms with Gasteiger partial charge in [-0.05, 0) is 25.7 Å². The van der Waals surface area contributed by atoms with Crippen LogP contribution in [0.4, 0.5) is 0 Å². The van der Waals surface area contributed by atoms with Gasteiger partial charge in [-0.1, -0.05) is 90.4 Å². The first-order valence-corrected chi connectivity index (χ1v) is 12.5. The number of amides is 1. The molecule has 1 heterocycles. The Morgan fingerprint density at radius 1 is 0.806 bits per heavy atom. The average molecular weight is 438 g/mol. The fourth-order valence-electron chi connectivity index (χ4n) is 4.38. The van der Waals surface area contributed by atoms with Crippen LogP contribution in [0.15, 0.2) is 4.99 Å². The van der Waals surface area contributed by atoms with Gasteiger partial charge in [0.1, 0.15) is 0 Å². The second-order valence-electron chi connectivity index (χ2n) is 9.14. The van der Waals surface area contributed by atoms with Gasteiger partial charge in [0.25, 0.3) is 5.91 Å². The number of nitrogens with zero attached hydrogens (tertiary/aromatic N) is 1. The minimum Gasteiger partial charge on any atom is -0.481 e. The lowest BCUT2D eigenvalue weighted by atomic mass is 9.79. The molecule has 0 radical (unpaired) electrons. The number of aliphatic carboxylic acids is 2. The molecule has 1 unspecified atom stereocenters. The van der Waals surface area contributed by atoms with Crippen LogP contribution in [0.3, 0.4) is 0 Å². The molecule has 0 aliphatic carbocycles. The Balaban J connectivity index is 2.23. The number of aliphatic imine (C=N–C) groups is 1. The summed E-state index contributed by atoms with van der Waals surface area (Å²) in [6.07, 6.45) is 17.6. The summed E-state index contributed by atoms with van der Waals surface area (Å²) >= 11 is 0. The average Bonchev–Trinajstić information content (AvgIpc) is 3.05. The molecule has 0 aromatic heterocycles. The highest BCUT2D eigenvalue weighted by atomic mass is 16.4. The molecule has 1 amide bonds. The molecule has 6 heteroatoms. The zero-order chi connectivity index (χ0) is 23.0. The topological polar surface area (TPSA) is 104 Å². The minimum absolute atomic E-state index is 0.231. The van der Waals surface area contributed by atoms with Gasteiger partial charge in [0.15, 0.2) is 5.41 Å². The van der Waals surface area contributed by atoms with E-state index in [-0.39, 0.29) is 12.8 Å². The van der Waals surface area contributed by atoms with E-state index in [9.17, 15) is 19.5 Å². The van der Waals surface area contributed by atoms with Gasteiger partial charge < -0.3 is 10.2 Å². The lowest BCUT2D eigenvalue weighted by molar-refractivity contribution is -0.154. The number of carbonyl (C=O) groups is 3. The molecule has 0 saturated heterocycles. The minimum atomic E-state index is -1.33. The molecule has 0 fully saturated rings. The molecule has 1 aliphatic heterocycles. The summed E-state index contributed by atoms with van der Waals surface area (Å²) in [6, 6.07) is 0. The molecule has 0 spiro atoms. The first-order chi connectivity index (χ1) is 14.9. The van der Waals surface area contributed by atoms with Crippen LogP contribution in [0, 0.1) is 5.41 Å². The molecular formula is C25H43NO5. The number of rotatable bonds is 20. The lowest BCUT2D eigenvalue weighted by Crippen LogP contribution is -2.36. The van der Waals surface area contributed by atoms with Gasteiger partial charge in [-0.3, -0.25) is 14.4 Å². The molecule has 1 rings (SSSR count). The molecule has 0 aromatic carbocycles. The van der Waals surface area contributed by atoms with Crippen molar-refractivity contribution in [2.45, 2.75) is 129 Å². The molecule has 1 aliphatic rings. The zero-order valence-electron chi connectivity index (χ0n) is 19.5. The van der Waals surface area contributed by atoms with Crippen LogP contribution in [0.1, 0.15) is 129 Å². The van der Waals surface area contributed by atoms with Crippen molar-refractivity contribution in [1.82, 2.24) is 0 Å². The van der Waals surface area contributed by atoms with Gasteiger partial charge >= 0.3 is 11.9 Å². The summed E-state index contributed by atoms with van der Waals surface area (Å²) in [4.78, 5) is 39.0. The van der Waals surface area contributed by atoms with Crippen LogP contribution in [-0.4, -0.2) is 33.8 Å². The smallest absolute Gasteiger partial charge is 0.319 e. The fourth-order valence-corrected chi connectivity index (χ4v) is 4.38. The zero-order valence-corrected chi connectivity index (χ0v) is 19.5. The van der Waals surface area contributed by atoms with Crippen LogP contribution >= 0.6 is 0 Å². The number of hydrogen-bond donors (Lipinski definition) is 2. The summed E-state index contributed by atoms with van der Waals surface area (Å²) in [5, 5.41) is 18.4. The Morgan fingerprint density at radius 2 is 1.32 bits per heavy atom. The van der Waals surface area contributed by atoms with E-state index in [1.54, 1.807) is 0 Å². The van der Waals surface area contributed by atoms with E-state index in [0.717, 1.165) is 63.5 Å². The van der Waals surface area contributed by atoms with Gasteiger partial charge in [0.05, 0.1) is 0 Å². The third kappa shape index (κ3) is 10.9. The number of unbranched alkanes of at least 4 members (excludes halogenated alkanes) is 13. The Kier molecular flexibility index (Phi) is 14.1. The highest BCUT2D eigenvalue weighted by Gasteiger charge is 2.50. The third-order valence-corrected chi connectivity index (χ3v) is 6.40. The SMILES string of the molecule is CCCCCCCCCCCC1(C(=O)O)CC(CCCCCCCCC(=O)O)=NC1=O. The standard InChI is InChI=1S/C25H43NO5/c1-2-3-4-5-6-7-10-13-16-19-25(24(30)31)20-21(26-23(25)29)17-14-11-8-9-12-15-18-22(27)28/h2-20H2,1H3,(H,27,28)(H,30,31). The van der Waals surface area contributed by atoms with Gasteiger partial charge in [-0.15, -0.1) is 0 Å². The summed E-state index contributed by atoms with van der Waals surface area (Å²) < 4.78 is 0. The van der Waals surface area contributed by atoms with E-state index >= 15 is 0 Å². The quantitative estimate of drug-likeness (QED) is 0.166. The Morgan fingerprint density at radius 3 is 1.87 bits per heavy atom. The summed E-state index contributed by atoms with van der Waals surface area (Å²) in [7, 11) is 0. The molecule has 1 atom stereocenters. The van der Waals surface area contributed by atoms with Gasteiger partial charge in [0, 0.05) is 18.6 Å². The number of hydrogen-bond acceptors (Lipinski definition) is 3. The van der Waals surface area contributed by atoms with Crippen LogP contribution in [0.5, 0.6) is 0 Å². The maximum absolute atomic E-state index is 12.5. The van der Waals surface area contributed by atoms with Crippen LogP contribution in [-0.2, 0) is 14.4 Å². The highest BCUT2D eigenvalue weighted by molar-refractivity contribution is 6.15. The van der Waals surface area contributed by atoms with Crippen molar-refractivity contribution < 1.29 is 24.6 Å². The van der Waals surface area contributed by atoms with E-state index in [4.69, 9.17) is 5.11 Å². The Hall–Kier alpha value is -1.72. The molecule has 31 heavy (non-hydrogen) atoms. The van der Waals surface area contributed by atoms with Crippen molar-refractivity contribution >= 4 is 23.6 Å². The second-order valence-corrected chi connectivity index (χ2v) is 9.14. The van der Waals surface area contributed by atoms with E-state index in [0.29, 0.717) is 12.8 Å². The van der Waals surface area contributed by atoms with Crippen molar-refractivity contribution in [1.29, 1.82) is 0 Å². The van der Waals surface area contributed by atoms with Crippen molar-refractivity contribution in [3.05, 3.63) is 0 Å². The molecular weight excluding hydrogens is 394 g/mol. The number of carboxylic acids is 2. The van der Waals surface area contributed by atoms with Crippen molar-refractivity contribution in [3.8, 4) is 0 Å². The van der Waals surface area contributed by atoms with Crippen molar-refractivity contribution in [3.63, 3.8) is 0 Å². The van der Waals surface area contributed by atoms with Crippen LogP contribution < -0.4 is 0 Å². The fraction of sp³-hybridized carbons (Fsp3) is 0.840. The largest absolute Gasteiger partial charge is 0.481 e. The Bertz CT molecular complexity index is 586. The molecule has 0 aromatic rings. The van der Waals surface area contributed by atoms with Crippen LogP contribution in [0.25, 0.3) is 0 Å². The van der Waals surface area contributed by atoms with E-state index < -0.39 is 23.3 Å². The van der Waals surface area contributed by atoms with Crippen LogP contribution in [0.2, 0.25) is 0 Å². The van der Waals surface area contributed by atoms with E-state index in [2.05, 4.69) is 11.9 Å². The van der Waals surface area contributed by atoms with Gasteiger partial charge in [0.2, 0.25) is 0 Å². The molecule has 178 valence electrons. The maximum atomic E-state index is 12.5. The molecule has 0 saturated carbocycles. The van der Waals surface area contributed by atoms with E-state index in [1.165, 1.54) is 38.5 Å². The predicted octanol–water partition coefficient (Wildman–Crippen LogP) is 6.56. The third-order valence-electron chi connectivity index (χ3n) is 6.40. The normalized spacial score (nSPS) is 18.4. The lowest BCUT2D eigenvalue weighted by Gasteiger charge is -2.21. The number of carboxylic acid groups (broad SMARTS) is 2. The van der Waals surface area contributed by atoms with Gasteiger partial charge in [-0.2, -0.15) is 0 Å². The first kappa shape index (κ1) is 27.3. The van der Waals surface area contributed by atoms with Crippen molar-refractivity contribution in [2.75, 3.05) is 0 Å². The molecule has 2 N–H and O–H groups in total. The highest BCUT2D eigenvalue weighted by Crippen LogP contribution is 2.37. The second kappa shape index (κ2) is 16.0. The van der Waals surface area contributed by atoms with Crippen molar-refractivity contribution in [2.24, 2.45) is 10.4 Å². The Labute approximate surface area is 187 Å².